The van der Waals surface area contributed by atoms with E-state index < -0.39 is 0 Å². The number of nitrogens with zero attached hydrogens (tertiary/aromatic N) is 1. The number of rotatable bonds is 3. The molecule has 4 nitrogen and oxygen atoms in total. The maximum absolute atomic E-state index is 10.3. The summed E-state index contributed by atoms with van der Waals surface area (Å²) in [6.45, 7) is 5.35. The lowest BCUT2D eigenvalue weighted by molar-refractivity contribution is -0.0802. The lowest BCUT2D eigenvalue weighted by atomic mass is 9.50. The largest absolute Gasteiger partial charge is 0.396 e. The normalized spacial score (nSPS) is 45.0. The van der Waals surface area contributed by atoms with Gasteiger partial charge in [0.15, 0.2) is 0 Å². The van der Waals surface area contributed by atoms with Crippen LogP contribution in [0.2, 0.25) is 0 Å². The van der Waals surface area contributed by atoms with Crippen molar-refractivity contribution in [2.45, 2.75) is 58.8 Å². The summed E-state index contributed by atoms with van der Waals surface area (Å²) in [4.78, 5) is 0. The maximum atomic E-state index is 10.3. The maximum Gasteiger partial charge on any atom is 0.0522 e. The van der Waals surface area contributed by atoms with Crippen molar-refractivity contribution in [3.63, 3.8) is 0 Å². The molecule has 0 amide bonds. The van der Waals surface area contributed by atoms with Gasteiger partial charge in [0.25, 0.3) is 0 Å². The standard InChI is InChI=1S/C20H32N2O2/c1-19-6-3-4-16(19)15(12-24)17(5-7-19)20(2)9-13-10-21-22-18(13)8-14(20)11-23/h10,14-17,23-24H,3-9,11-12H2,1-2H3,(H,21,22)/t14-,15+,16+,17+,19+,20-/m1/s1. The lowest BCUT2D eigenvalue weighted by Crippen LogP contribution is -2.52. The Labute approximate surface area is 145 Å². The number of aliphatic hydroxyl groups excluding tert-OH is 2. The van der Waals surface area contributed by atoms with Crippen molar-refractivity contribution >= 4 is 0 Å². The van der Waals surface area contributed by atoms with E-state index in [0.29, 0.717) is 29.8 Å². The molecule has 24 heavy (non-hydrogen) atoms. The van der Waals surface area contributed by atoms with E-state index >= 15 is 0 Å². The average molecular weight is 332 g/mol. The fourth-order valence-corrected chi connectivity index (χ4v) is 6.76. The Morgan fingerprint density at radius 3 is 2.75 bits per heavy atom. The van der Waals surface area contributed by atoms with Crippen LogP contribution in [0.3, 0.4) is 0 Å². The third-order valence-corrected chi connectivity index (χ3v) is 8.26. The van der Waals surface area contributed by atoms with E-state index in [0.717, 1.165) is 12.8 Å². The van der Waals surface area contributed by atoms with Crippen molar-refractivity contribution in [1.29, 1.82) is 0 Å². The first-order valence-corrected chi connectivity index (χ1v) is 9.74. The minimum atomic E-state index is 0.0585. The molecule has 0 saturated heterocycles. The molecule has 3 aliphatic carbocycles. The first-order valence-electron chi connectivity index (χ1n) is 9.74. The van der Waals surface area contributed by atoms with E-state index in [9.17, 15) is 10.2 Å². The smallest absolute Gasteiger partial charge is 0.0522 e. The number of hydrogen-bond acceptors (Lipinski definition) is 3. The molecule has 2 fully saturated rings. The van der Waals surface area contributed by atoms with Crippen LogP contribution in [-0.4, -0.2) is 33.6 Å². The van der Waals surface area contributed by atoms with Crippen molar-refractivity contribution in [3.8, 4) is 0 Å². The van der Waals surface area contributed by atoms with Gasteiger partial charge in [-0.3, -0.25) is 5.10 Å². The zero-order valence-electron chi connectivity index (χ0n) is 15.1. The molecule has 4 heteroatoms. The number of aromatic amines is 1. The zero-order chi connectivity index (χ0) is 16.9. The highest BCUT2D eigenvalue weighted by Crippen LogP contribution is 2.61. The molecule has 1 aromatic heterocycles. The molecule has 0 unspecified atom stereocenters. The van der Waals surface area contributed by atoms with Crippen molar-refractivity contribution in [2.75, 3.05) is 13.2 Å². The van der Waals surface area contributed by atoms with Crippen LogP contribution in [0.25, 0.3) is 0 Å². The van der Waals surface area contributed by atoms with Gasteiger partial charge in [0, 0.05) is 18.9 Å². The van der Waals surface area contributed by atoms with Crippen molar-refractivity contribution in [3.05, 3.63) is 17.5 Å². The van der Waals surface area contributed by atoms with Crippen LogP contribution in [0.15, 0.2) is 6.20 Å². The van der Waals surface area contributed by atoms with E-state index in [4.69, 9.17) is 0 Å². The van der Waals surface area contributed by atoms with Gasteiger partial charge in [-0.2, -0.15) is 5.10 Å². The summed E-state index contributed by atoms with van der Waals surface area (Å²) < 4.78 is 0. The summed E-state index contributed by atoms with van der Waals surface area (Å²) in [5.41, 5.74) is 3.01. The third kappa shape index (κ3) is 2.29. The van der Waals surface area contributed by atoms with Gasteiger partial charge >= 0.3 is 0 Å². The molecule has 1 heterocycles. The van der Waals surface area contributed by atoms with Gasteiger partial charge in [-0.25, -0.2) is 0 Å². The summed E-state index contributed by atoms with van der Waals surface area (Å²) in [7, 11) is 0. The van der Waals surface area contributed by atoms with Gasteiger partial charge in [-0.05, 0) is 78.6 Å². The van der Waals surface area contributed by atoms with Gasteiger partial charge < -0.3 is 10.2 Å². The Morgan fingerprint density at radius 1 is 1.17 bits per heavy atom. The predicted octanol–water partition coefficient (Wildman–Crippen LogP) is 2.95. The van der Waals surface area contributed by atoms with Crippen LogP contribution >= 0.6 is 0 Å². The van der Waals surface area contributed by atoms with E-state index in [1.54, 1.807) is 0 Å². The number of hydrogen-bond donors (Lipinski definition) is 3. The molecule has 0 aromatic carbocycles. The first-order chi connectivity index (χ1) is 11.5. The summed E-state index contributed by atoms with van der Waals surface area (Å²) in [6.07, 6.45) is 10.2. The number of nitrogens with one attached hydrogen (secondary N) is 1. The van der Waals surface area contributed by atoms with Gasteiger partial charge in [-0.1, -0.05) is 20.3 Å². The molecule has 4 rings (SSSR count). The van der Waals surface area contributed by atoms with Gasteiger partial charge in [0.05, 0.1) is 6.20 Å². The quantitative estimate of drug-likeness (QED) is 0.797. The Bertz CT molecular complexity index is 600. The van der Waals surface area contributed by atoms with E-state index in [1.807, 2.05) is 6.20 Å². The second kappa shape index (κ2) is 5.84. The average Bonchev–Trinajstić information content (AvgIpc) is 3.17. The van der Waals surface area contributed by atoms with Crippen molar-refractivity contribution < 1.29 is 10.2 Å². The van der Waals surface area contributed by atoms with Gasteiger partial charge in [0.1, 0.15) is 0 Å². The Balaban J connectivity index is 1.68. The molecule has 2 saturated carbocycles. The highest BCUT2D eigenvalue weighted by molar-refractivity contribution is 5.24. The molecule has 134 valence electrons. The lowest BCUT2D eigenvalue weighted by Gasteiger charge is -2.55. The summed E-state index contributed by atoms with van der Waals surface area (Å²) in [6, 6.07) is 0. The van der Waals surface area contributed by atoms with Crippen LogP contribution in [0.4, 0.5) is 0 Å². The zero-order valence-corrected chi connectivity index (χ0v) is 15.1. The Hall–Kier alpha value is -0.870. The minimum Gasteiger partial charge on any atom is -0.396 e. The van der Waals surface area contributed by atoms with Crippen LogP contribution < -0.4 is 0 Å². The first kappa shape index (κ1) is 16.6. The second-order valence-corrected chi connectivity index (χ2v) is 9.28. The fourth-order valence-electron chi connectivity index (χ4n) is 6.76. The molecule has 0 radical (unpaired) electrons. The summed E-state index contributed by atoms with van der Waals surface area (Å²) >= 11 is 0. The van der Waals surface area contributed by atoms with Crippen LogP contribution in [-0.2, 0) is 12.8 Å². The SMILES string of the molecule is C[C@@]12CCC[C@H]1[C@H](CO)[C@@H]([C@]1(C)Cc3cn[nH]c3C[C@@H]1CO)CC2. The highest BCUT2D eigenvalue weighted by Gasteiger charge is 2.55. The van der Waals surface area contributed by atoms with E-state index in [2.05, 4.69) is 24.0 Å². The molecule has 0 spiro atoms. The highest BCUT2D eigenvalue weighted by atomic mass is 16.3. The second-order valence-electron chi connectivity index (χ2n) is 9.28. The van der Waals surface area contributed by atoms with Crippen molar-refractivity contribution in [1.82, 2.24) is 10.2 Å². The van der Waals surface area contributed by atoms with Crippen LogP contribution in [0.5, 0.6) is 0 Å². The predicted molar refractivity (Wildman–Crippen MR) is 93.4 cm³/mol. The van der Waals surface area contributed by atoms with Crippen LogP contribution in [0.1, 0.15) is 57.2 Å². The number of aromatic nitrogens is 2. The molecular weight excluding hydrogens is 300 g/mol. The molecule has 6 atom stereocenters. The molecule has 1 aromatic rings. The van der Waals surface area contributed by atoms with Gasteiger partial charge in [0.2, 0.25) is 0 Å². The molecule has 0 aliphatic heterocycles. The molecular formula is C20H32N2O2. The van der Waals surface area contributed by atoms with Crippen molar-refractivity contribution in [2.24, 2.45) is 34.5 Å². The van der Waals surface area contributed by atoms with E-state index in [1.165, 1.54) is 43.4 Å². The monoisotopic (exact) mass is 332 g/mol. The molecule has 3 aliphatic rings. The molecule has 0 bridgehead atoms. The minimum absolute atomic E-state index is 0.0585. The van der Waals surface area contributed by atoms with Crippen LogP contribution in [0, 0.1) is 34.5 Å². The third-order valence-electron chi connectivity index (χ3n) is 8.26. The summed E-state index contributed by atoms with van der Waals surface area (Å²) in [5.74, 6) is 1.80. The fraction of sp³-hybridized carbons (Fsp3) is 0.850. The Morgan fingerprint density at radius 2 is 2.00 bits per heavy atom. The topological polar surface area (TPSA) is 69.1 Å². The molecule has 3 N–H and O–H groups in total. The van der Waals surface area contributed by atoms with E-state index in [-0.39, 0.29) is 17.9 Å². The number of fused-ring (bicyclic) bond motifs is 2. The number of aliphatic hydroxyl groups is 2. The number of H-pyrrole nitrogens is 1. The summed E-state index contributed by atoms with van der Waals surface area (Å²) in [5, 5.41) is 27.8. The Kier molecular flexibility index (Phi) is 4.04. The van der Waals surface area contributed by atoms with Gasteiger partial charge in [-0.15, -0.1) is 0 Å².